The number of hydrogen-bond acceptors (Lipinski definition) is 6. The Hall–Kier alpha value is -3.58. The van der Waals surface area contributed by atoms with E-state index in [1.807, 2.05) is 60.8 Å². The van der Waals surface area contributed by atoms with Gasteiger partial charge in [0, 0.05) is 34.0 Å². The molecule has 0 saturated carbocycles. The molecule has 0 bridgehead atoms. The summed E-state index contributed by atoms with van der Waals surface area (Å²) in [4.78, 5) is 14.2. The number of para-hydroxylation sites is 1. The van der Waals surface area contributed by atoms with Crippen molar-refractivity contribution in [3.8, 4) is 11.1 Å². The first kappa shape index (κ1) is 17.5. The number of aromatic amines is 1. The highest BCUT2D eigenvalue weighted by atomic mass is 16.5. The number of hydrogen-bond donors (Lipinski definition) is 2. The number of rotatable bonds is 6. The zero-order chi connectivity index (χ0) is 19.6. The van der Waals surface area contributed by atoms with E-state index < -0.39 is 0 Å². The number of nitroso groups, excluding NO2 is 1. The molecule has 1 unspecified atom stereocenters. The van der Waals surface area contributed by atoms with Crippen LogP contribution in [0.5, 0.6) is 0 Å². The van der Waals surface area contributed by atoms with E-state index >= 15 is 0 Å². The quantitative estimate of drug-likeness (QED) is 0.474. The lowest BCUT2D eigenvalue weighted by molar-refractivity contribution is 0.112. The van der Waals surface area contributed by atoms with Crippen molar-refractivity contribution in [2.75, 3.05) is 11.9 Å². The molecule has 29 heavy (non-hydrogen) atoms. The predicted molar refractivity (Wildman–Crippen MR) is 111 cm³/mol. The van der Waals surface area contributed by atoms with Gasteiger partial charge < -0.3 is 15.0 Å². The molecule has 3 heterocycles. The van der Waals surface area contributed by atoms with Gasteiger partial charge in [-0.15, -0.1) is 5.10 Å². The van der Waals surface area contributed by atoms with Gasteiger partial charge in [-0.05, 0) is 11.6 Å². The summed E-state index contributed by atoms with van der Waals surface area (Å²) in [6.45, 7) is 1.00. The molecule has 2 aromatic heterocycles. The Morgan fingerprint density at radius 2 is 1.86 bits per heavy atom. The molecule has 2 aromatic carbocycles. The fourth-order valence-corrected chi connectivity index (χ4v) is 3.90. The minimum Gasteiger partial charge on any atom is -0.375 e. The summed E-state index contributed by atoms with van der Waals surface area (Å²) < 4.78 is 6.04. The highest BCUT2D eigenvalue weighted by molar-refractivity contribution is 6.01. The normalized spacial score (nSPS) is 14.8. The fraction of sp³-hybridized carbons (Fsp3) is 0.182. The lowest BCUT2D eigenvalue weighted by atomic mass is 9.98. The number of anilines is 1. The second-order valence-electron chi connectivity index (χ2n) is 7.02. The lowest BCUT2D eigenvalue weighted by Crippen LogP contribution is -2.16. The van der Waals surface area contributed by atoms with Gasteiger partial charge in [-0.3, -0.25) is 0 Å². The van der Waals surface area contributed by atoms with Gasteiger partial charge in [-0.1, -0.05) is 53.7 Å². The van der Waals surface area contributed by atoms with Crippen LogP contribution in [0.25, 0.3) is 22.2 Å². The minimum absolute atomic E-state index is 0.0214. The third-order valence-electron chi connectivity index (χ3n) is 5.21. The molecular weight excluding hydrogens is 366 g/mol. The maximum Gasteiger partial charge on any atom is 0.160 e. The van der Waals surface area contributed by atoms with Gasteiger partial charge in [0.05, 0.1) is 24.9 Å². The van der Waals surface area contributed by atoms with Gasteiger partial charge in [0.25, 0.3) is 0 Å². The average molecular weight is 385 g/mol. The molecule has 0 spiro atoms. The van der Waals surface area contributed by atoms with Crippen LogP contribution in [0.4, 0.5) is 5.69 Å². The first-order valence-electron chi connectivity index (χ1n) is 9.48. The second-order valence-corrected chi connectivity index (χ2v) is 7.02. The third kappa shape index (κ3) is 3.15. The first-order valence-corrected chi connectivity index (χ1v) is 9.48. The monoisotopic (exact) mass is 385 g/mol. The fourth-order valence-electron chi connectivity index (χ4n) is 3.90. The van der Waals surface area contributed by atoms with Gasteiger partial charge in [-0.25, -0.2) is 0 Å². The highest BCUT2D eigenvalue weighted by Gasteiger charge is 2.27. The lowest BCUT2D eigenvalue weighted by Gasteiger charge is -2.19. The van der Waals surface area contributed by atoms with Crippen LogP contribution in [0.2, 0.25) is 0 Å². The van der Waals surface area contributed by atoms with Crippen molar-refractivity contribution in [3.63, 3.8) is 0 Å². The van der Waals surface area contributed by atoms with Crippen molar-refractivity contribution in [2.45, 2.75) is 19.2 Å². The Kier molecular flexibility index (Phi) is 4.50. The maximum absolute atomic E-state index is 11.0. The summed E-state index contributed by atoms with van der Waals surface area (Å²) in [5.41, 5.74) is 6.30. The number of H-pyrrole nitrogens is 1. The summed E-state index contributed by atoms with van der Waals surface area (Å²) >= 11 is 0. The molecule has 4 aromatic rings. The molecule has 7 heteroatoms. The largest absolute Gasteiger partial charge is 0.375 e. The van der Waals surface area contributed by atoms with Crippen LogP contribution in [0.15, 0.2) is 66.0 Å². The summed E-state index contributed by atoms with van der Waals surface area (Å²) in [5.74, 6) is 0. The van der Waals surface area contributed by atoms with Crippen LogP contribution in [-0.4, -0.2) is 21.8 Å². The van der Waals surface area contributed by atoms with Crippen LogP contribution >= 0.6 is 0 Å². The number of benzene rings is 2. The summed E-state index contributed by atoms with van der Waals surface area (Å²) in [5, 5.41) is 16.1. The predicted octanol–water partition coefficient (Wildman–Crippen LogP) is 4.57. The van der Waals surface area contributed by atoms with E-state index in [1.165, 1.54) is 0 Å². The summed E-state index contributed by atoms with van der Waals surface area (Å²) in [6, 6.07) is 18.0. The Morgan fingerprint density at radius 3 is 2.72 bits per heavy atom. The Bertz CT molecular complexity index is 1170. The zero-order valence-electron chi connectivity index (χ0n) is 15.6. The molecule has 2 N–H and O–H groups in total. The van der Waals surface area contributed by atoms with E-state index in [-0.39, 0.29) is 12.6 Å². The Balaban J connectivity index is 1.56. The topological polar surface area (TPSA) is 92.3 Å². The SMILES string of the molecule is O=NCc1nnc2[nH]cc3c2c1-c1ccccc1NC3COCc1ccccc1. The van der Waals surface area contributed by atoms with Crippen molar-refractivity contribution in [1.82, 2.24) is 15.2 Å². The zero-order valence-corrected chi connectivity index (χ0v) is 15.6. The van der Waals surface area contributed by atoms with Gasteiger partial charge in [-0.2, -0.15) is 10.0 Å². The van der Waals surface area contributed by atoms with Crippen LogP contribution in [0, 0.1) is 4.91 Å². The van der Waals surface area contributed by atoms with Crippen LogP contribution in [0.1, 0.15) is 22.9 Å². The summed E-state index contributed by atoms with van der Waals surface area (Å²) in [7, 11) is 0. The van der Waals surface area contributed by atoms with E-state index in [2.05, 4.69) is 25.7 Å². The van der Waals surface area contributed by atoms with Crippen molar-refractivity contribution in [3.05, 3.63) is 82.5 Å². The van der Waals surface area contributed by atoms with E-state index in [0.717, 1.165) is 33.3 Å². The molecule has 5 rings (SSSR count). The molecule has 0 saturated heterocycles. The molecule has 0 fully saturated rings. The smallest absolute Gasteiger partial charge is 0.160 e. The van der Waals surface area contributed by atoms with Crippen molar-refractivity contribution in [2.24, 2.45) is 5.18 Å². The number of aromatic nitrogens is 3. The van der Waals surface area contributed by atoms with Gasteiger partial charge >= 0.3 is 0 Å². The molecule has 1 atom stereocenters. The van der Waals surface area contributed by atoms with Crippen LogP contribution in [-0.2, 0) is 17.9 Å². The van der Waals surface area contributed by atoms with Crippen molar-refractivity contribution >= 4 is 16.7 Å². The maximum atomic E-state index is 11.0. The van der Waals surface area contributed by atoms with Gasteiger partial charge in [0.15, 0.2) is 5.65 Å². The van der Waals surface area contributed by atoms with Gasteiger partial charge in [0.1, 0.15) is 6.54 Å². The molecule has 0 aliphatic carbocycles. The molecule has 1 aliphatic heterocycles. The molecular formula is C22H19N5O2. The second kappa shape index (κ2) is 7.44. The number of ether oxygens (including phenoxy) is 1. The van der Waals surface area contributed by atoms with Crippen LogP contribution in [0.3, 0.4) is 0 Å². The first-order chi connectivity index (χ1) is 14.3. The number of fused-ring (bicyclic) bond motifs is 2. The molecule has 7 nitrogen and oxygen atoms in total. The Labute approximate surface area is 167 Å². The van der Waals surface area contributed by atoms with Crippen molar-refractivity contribution < 1.29 is 4.74 Å². The van der Waals surface area contributed by atoms with Gasteiger partial charge in [0.2, 0.25) is 0 Å². The molecule has 0 amide bonds. The van der Waals surface area contributed by atoms with E-state index in [4.69, 9.17) is 4.74 Å². The Morgan fingerprint density at radius 1 is 1.03 bits per heavy atom. The highest BCUT2D eigenvalue weighted by Crippen LogP contribution is 2.42. The molecule has 144 valence electrons. The third-order valence-corrected chi connectivity index (χ3v) is 5.21. The standard InChI is InChI=1S/C22H19N5O2/c28-24-11-18-20-15-8-4-5-9-17(15)25-19(13-29-12-14-6-2-1-3-7-14)16-10-23-22(21(16)20)27-26-18/h1-10,19,25H,11-13H2,(H,23,27). The average Bonchev–Trinajstić information content (AvgIpc) is 3.12. The number of nitrogens with zero attached hydrogens (tertiary/aromatic N) is 3. The molecule has 1 aliphatic rings. The minimum atomic E-state index is -0.0731. The van der Waals surface area contributed by atoms with Crippen LogP contribution < -0.4 is 5.32 Å². The molecule has 0 radical (unpaired) electrons. The van der Waals surface area contributed by atoms with E-state index in [0.29, 0.717) is 24.6 Å². The van der Waals surface area contributed by atoms with E-state index in [1.54, 1.807) is 0 Å². The van der Waals surface area contributed by atoms with Crippen molar-refractivity contribution in [1.29, 1.82) is 0 Å². The summed E-state index contributed by atoms with van der Waals surface area (Å²) in [6.07, 6.45) is 1.94. The van der Waals surface area contributed by atoms with E-state index in [9.17, 15) is 4.91 Å². The number of nitrogens with one attached hydrogen (secondary N) is 2.